The lowest BCUT2D eigenvalue weighted by molar-refractivity contribution is -0.122. The number of aromatic carboxylic acids is 1. The molecule has 0 saturated carbocycles. The Kier molecular flexibility index (Phi) is 7.48. The van der Waals surface area contributed by atoms with Crippen molar-refractivity contribution in [3.63, 3.8) is 0 Å². The van der Waals surface area contributed by atoms with E-state index >= 15 is 0 Å². The Morgan fingerprint density at radius 3 is 2.19 bits per heavy atom. The van der Waals surface area contributed by atoms with E-state index in [0.29, 0.717) is 44.0 Å². The van der Waals surface area contributed by atoms with Crippen molar-refractivity contribution in [3.05, 3.63) is 59.2 Å². The van der Waals surface area contributed by atoms with Gasteiger partial charge in [-0.25, -0.2) is 4.79 Å². The molecule has 0 bridgehead atoms. The third-order valence-corrected chi connectivity index (χ3v) is 5.34. The van der Waals surface area contributed by atoms with Gasteiger partial charge in [-0.3, -0.25) is 14.5 Å². The zero-order chi connectivity index (χ0) is 23.3. The number of hydrogen-bond acceptors (Lipinski definition) is 5. The number of carboxylic acids is 1. The molecule has 2 aromatic carbocycles. The Morgan fingerprint density at radius 2 is 1.59 bits per heavy atom. The predicted octanol–water partition coefficient (Wildman–Crippen LogP) is 2.59. The van der Waals surface area contributed by atoms with E-state index in [9.17, 15) is 19.5 Å². The van der Waals surface area contributed by atoms with Gasteiger partial charge in [0.05, 0.1) is 23.5 Å². The first-order chi connectivity index (χ1) is 15.2. The molecule has 1 aliphatic heterocycles. The fraction of sp³-hybridized carbons (Fsp3) is 0.375. The molecular formula is C24H30N4O4. The monoisotopic (exact) mass is 438 g/mol. The summed E-state index contributed by atoms with van der Waals surface area (Å²) in [6.07, 6.45) is 0. The number of amides is 2. The first kappa shape index (κ1) is 23.3. The van der Waals surface area contributed by atoms with E-state index in [1.54, 1.807) is 24.3 Å². The molecular weight excluding hydrogens is 408 g/mol. The van der Waals surface area contributed by atoms with Crippen LogP contribution in [0.4, 0.5) is 11.4 Å². The fourth-order valence-corrected chi connectivity index (χ4v) is 3.66. The van der Waals surface area contributed by atoms with Gasteiger partial charge in [0.2, 0.25) is 5.91 Å². The number of hydrogen-bond donors (Lipinski definition) is 3. The molecule has 3 rings (SSSR count). The number of benzene rings is 2. The topological polar surface area (TPSA) is 102 Å². The van der Waals surface area contributed by atoms with E-state index in [-0.39, 0.29) is 23.4 Å². The average molecular weight is 439 g/mol. The summed E-state index contributed by atoms with van der Waals surface area (Å²) in [7, 11) is 0. The fourth-order valence-electron chi connectivity index (χ4n) is 3.66. The summed E-state index contributed by atoms with van der Waals surface area (Å²) >= 11 is 0. The summed E-state index contributed by atoms with van der Waals surface area (Å²) in [5.41, 5.74) is 2.89. The Hall–Kier alpha value is -3.39. The number of nitrogens with one attached hydrogen (secondary N) is 2. The highest BCUT2D eigenvalue weighted by Gasteiger charge is 2.22. The van der Waals surface area contributed by atoms with Crippen LogP contribution in [0.25, 0.3) is 0 Å². The second kappa shape index (κ2) is 10.3. The smallest absolute Gasteiger partial charge is 0.335 e. The molecule has 1 aliphatic rings. The molecule has 0 spiro atoms. The molecule has 3 N–H and O–H groups in total. The van der Waals surface area contributed by atoms with E-state index in [0.717, 1.165) is 11.3 Å². The molecule has 8 nitrogen and oxygen atoms in total. The Labute approximate surface area is 188 Å². The maximum absolute atomic E-state index is 12.8. The molecule has 1 heterocycles. The molecule has 0 atom stereocenters. The number of nitrogens with zero attached hydrogens (tertiary/aromatic N) is 2. The van der Waals surface area contributed by atoms with Gasteiger partial charge in [-0.2, -0.15) is 0 Å². The third-order valence-electron chi connectivity index (χ3n) is 5.34. The summed E-state index contributed by atoms with van der Waals surface area (Å²) in [6.45, 7) is 8.87. The molecule has 0 aromatic heterocycles. The number of aryl methyl sites for hydroxylation is 1. The second-order valence-corrected chi connectivity index (χ2v) is 8.34. The van der Waals surface area contributed by atoms with Gasteiger partial charge in [0.15, 0.2) is 0 Å². The summed E-state index contributed by atoms with van der Waals surface area (Å²) in [5.74, 6) is -1.34. The molecule has 170 valence electrons. The van der Waals surface area contributed by atoms with Crippen LogP contribution >= 0.6 is 0 Å². The van der Waals surface area contributed by atoms with E-state index in [4.69, 9.17) is 0 Å². The standard InChI is InChI=1S/C24H30N4O4/c1-16(2)25-22(29)15-27-10-12-28(13-11-27)21-9-8-19(24(31)32)14-20(21)26-23(30)18-6-4-17(3)5-7-18/h4-9,14,16H,10-13,15H2,1-3H3,(H,25,29)(H,26,30)(H,31,32). The molecule has 0 radical (unpaired) electrons. The highest BCUT2D eigenvalue weighted by Crippen LogP contribution is 2.29. The van der Waals surface area contributed by atoms with Crippen molar-refractivity contribution >= 4 is 29.2 Å². The SMILES string of the molecule is Cc1ccc(C(=O)Nc2cc(C(=O)O)ccc2N2CCN(CC(=O)NC(C)C)CC2)cc1. The normalized spacial score (nSPS) is 14.3. The Morgan fingerprint density at radius 1 is 0.969 bits per heavy atom. The first-order valence-electron chi connectivity index (χ1n) is 10.7. The number of rotatable bonds is 7. The predicted molar refractivity (Wildman–Crippen MR) is 124 cm³/mol. The molecule has 0 aliphatic carbocycles. The minimum absolute atomic E-state index is 0.00492. The maximum atomic E-state index is 12.8. The van der Waals surface area contributed by atoms with Crippen molar-refractivity contribution in [3.8, 4) is 0 Å². The van der Waals surface area contributed by atoms with Crippen LogP contribution in [-0.2, 0) is 4.79 Å². The lowest BCUT2D eigenvalue weighted by Crippen LogP contribution is -2.50. The van der Waals surface area contributed by atoms with Gasteiger partial charge in [0, 0.05) is 37.8 Å². The first-order valence-corrected chi connectivity index (χ1v) is 10.7. The van der Waals surface area contributed by atoms with Crippen LogP contribution in [0.15, 0.2) is 42.5 Å². The van der Waals surface area contributed by atoms with Gasteiger partial charge in [-0.1, -0.05) is 17.7 Å². The minimum Gasteiger partial charge on any atom is -0.478 e. The van der Waals surface area contributed by atoms with Gasteiger partial charge < -0.3 is 20.6 Å². The van der Waals surface area contributed by atoms with Crippen molar-refractivity contribution in [1.29, 1.82) is 0 Å². The summed E-state index contributed by atoms with van der Waals surface area (Å²) in [5, 5.41) is 15.2. The zero-order valence-corrected chi connectivity index (χ0v) is 18.7. The van der Waals surface area contributed by atoms with Crippen molar-refractivity contribution < 1.29 is 19.5 Å². The third kappa shape index (κ3) is 6.07. The van der Waals surface area contributed by atoms with Crippen molar-refractivity contribution in [2.45, 2.75) is 26.8 Å². The molecule has 8 heteroatoms. The van der Waals surface area contributed by atoms with E-state index in [1.165, 1.54) is 6.07 Å². The van der Waals surface area contributed by atoms with Gasteiger partial charge in [-0.15, -0.1) is 0 Å². The molecule has 1 saturated heterocycles. The summed E-state index contributed by atoms with van der Waals surface area (Å²) in [6, 6.07) is 12.1. The molecule has 2 aromatic rings. The minimum atomic E-state index is -1.05. The van der Waals surface area contributed by atoms with Crippen molar-refractivity contribution in [2.75, 3.05) is 42.9 Å². The average Bonchev–Trinajstić information content (AvgIpc) is 2.74. The molecule has 1 fully saturated rings. The van der Waals surface area contributed by atoms with Crippen LogP contribution < -0.4 is 15.5 Å². The number of piperazine rings is 1. The molecule has 0 unspecified atom stereocenters. The number of carbonyl (C=O) groups excluding carboxylic acids is 2. The second-order valence-electron chi connectivity index (χ2n) is 8.34. The lowest BCUT2D eigenvalue weighted by atomic mass is 10.1. The van der Waals surface area contributed by atoms with Gasteiger partial charge in [-0.05, 0) is 51.1 Å². The quantitative estimate of drug-likeness (QED) is 0.614. The number of anilines is 2. The van der Waals surface area contributed by atoms with Crippen LogP contribution in [0.2, 0.25) is 0 Å². The zero-order valence-electron chi connectivity index (χ0n) is 18.7. The Balaban J connectivity index is 1.74. The van der Waals surface area contributed by atoms with Gasteiger partial charge in [0.25, 0.3) is 5.91 Å². The number of carboxylic acid groups (broad SMARTS) is 1. The van der Waals surface area contributed by atoms with Crippen LogP contribution in [0.5, 0.6) is 0 Å². The van der Waals surface area contributed by atoms with Crippen molar-refractivity contribution in [2.24, 2.45) is 0 Å². The largest absolute Gasteiger partial charge is 0.478 e. The summed E-state index contributed by atoms with van der Waals surface area (Å²) < 4.78 is 0. The maximum Gasteiger partial charge on any atom is 0.335 e. The van der Waals surface area contributed by atoms with E-state index in [2.05, 4.69) is 20.4 Å². The lowest BCUT2D eigenvalue weighted by Gasteiger charge is -2.36. The summed E-state index contributed by atoms with van der Waals surface area (Å²) in [4.78, 5) is 40.5. The van der Waals surface area contributed by atoms with Crippen molar-refractivity contribution in [1.82, 2.24) is 10.2 Å². The van der Waals surface area contributed by atoms with Crippen LogP contribution in [0.3, 0.4) is 0 Å². The molecule has 32 heavy (non-hydrogen) atoms. The van der Waals surface area contributed by atoms with Crippen LogP contribution in [0.1, 0.15) is 40.1 Å². The van der Waals surface area contributed by atoms with E-state index < -0.39 is 5.97 Å². The molecule has 2 amide bonds. The highest BCUT2D eigenvalue weighted by atomic mass is 16.4. The Bertz CT molecular complexity index is 980. The van der Waals surface area contributed by atoms with E-state index in [1.807, 2.05) is 32.9 Å². The number of carbonyl (C=O) groups is 3. The van der Waals surface area contributed by atoms with Gasteiger partial charge >= 0.3 is 5.97 Å². The van der Waals surface area contributed by atoms with Crippen LogP contribution in [0, 0.1) is 6.92 Å². The van der Waals surface area contributed by atoms with Gasteiger partial charge in [0.1, 0.15) is 0 Å². The highest BCUT2D eigenvalue weighted by molar-refractivity contribution is 6.06. The van der Waals surface area contributed by atoms with Crippen LogP contribution in [-0.4, -0.2) is 66.6 Å².